The maximum atomic E-state index is 12.2. The monoisotopic (exact) mass is 298 g/mol. The average Bonchev–Trinajstić information content (AvgIpc) is 2.89. The highest BCUT2D eigenvalue weighted by Gasteiger charge is 2.17. The fourth-order valence-corrected chi connectivity index (χ4v) is 3.44. The van der Waals surface area contributed by atoms with Crippen LogP contribution in [0.15, 0.2) is 28.6 Å². The smallest absolute Gasteiger partial charge is 0.263 e. The van der Waals surface area contributed by atoms with Crippen molar-refractivity contribution in [3.05, 3.63) is 34.8 Å². The topological polar surface area (TPSA) is 98.0 Å². The molecule has 0 radical (unpaired) electrons. The van der Waals surface area contributed by atoms with Crippen LogP contribution in [0.25, 0.3) is 0 Å². The van der Waals surface area contributed by atoms with E-state index in [4.69, 9.17) is 5.73 Å². The lowest BCUT2D eigenvalue weighted by atomic mass is 10.1. The van der Waals surface area contributed by atoms with Crippen molar-refractivity contribution < 1.29 is 8.42 Å². The van der Waals surface area contributed by atoms with Crippen molar-refractivity contribution in [2.24, 2.45) is 5.73 Å². The lowest BCUT2D eigenvalue weighted by Crippen LogP contribution is -2.14. The maximum Gasteiger partial charge on any atom is 0.263 e. The van der Waals surface area contributed by atoms with Crippen molar-refractivity contribution >= 4 is 26.5 Å². The SMILES string of the molecule is CCc1ccc(S(=O)(=O)Nc2nncs2)cc1CN. The molecule has 102 valence electrons. The number of sulfonamides is 1. The third-order valence-corrected chi connectivity index (χ3v) is 4.74. The highest BCUT2D eigenvalue weighted by molar-refractivity contribution is 7.93. The van der Waals surface area contributed by atoms with Gasteiger partial charge in [0.15, 0.2) is 0 Å². The zero-order valence-electron chi connectivity index (χ0n) is 10.3. The number of anilines is 1. The number of nitrogens with zero attached hydrogens (tertiary/aromatic N) is 2. The first-order valence-corrected chi connectivity index (χ1v) is 8.04. The van der Waals surface area contributed by atoms with Gasteiger partial charge in [0, 0.05) is 6.54 Å². The van der Waals surface area contributed by atoms with Gasteiger partial charge in [-0.15, -0.1) is 10.2 Å². The summed E-state index contributed by atoms with van der Waals surface area (Å²) < 4.78 is 26.7. The molecular formula is C11H14N4O2S2. The van der Waals surface area contributed by atoms with E-state index in [-0.39, 0.29) is 10.0 Å². The summed E-state index contributed by atoms with van der Waals surface area (Å²) in [6.45, 7) is 2.31. The normalized spacial score (nSPS) is 11.5. The summed E-state index contributed by atoms with van der Waals surface area (Å²) >= 11 is 1.12. The van der Waals surface area contributed by atoms with Gasteiger partial charge in [0.2, 0.25) is 5.13 Å². The van der Waals surface area contributed by atoms with Crippen LogP contribution in [0.3, 0.4) is 0 Å². The minimum Gasteiger partial charge on any atom is -0.326 e. The number of nitrogens with one attached hydrogen (secondary N) is 1. The molecule has 0 amide bonds. The molecule has 0 aliphatic rings. The van der Waals surface area contributed by atoms with Gasteiger partial charge in [-0.1, -0.05) is 24.3 Å². The van der Waals surface area contributed by atoms with Gasteiger partial charge in [-0.2, -0.15) is 0 Å². The lowest BCUT2D eigenvalue weighted by molar-refractivity contribution is 0.601. The van der Waals surface area contributed by atoms with Crippen molar-refractivity contribution in [3.8, 4) is 0 Å². The zero-order chi connectivity index (χ0) is 13.9. The second kappa shape index (κ2) is 5.64. The number of nitrogens with two attached hydrogens (primary N) is 1. The maximum absolute atomic E-state index is 12.2. The molecule has 0 unspecified atom stereocenters. The van der Waals surface area contributed by atoms with Crippen molar-refractivity contribution in [3.63, 3.8) is 0 Å². The Kier molecular flexibility index (Phi) is 4.13. The van der Waals surface area contributed by atoms with Gasteiger partial charge in [0.25, 0.3) is 10.0 Å². The van der Waals surface area contributed by atoms with E-state index < -0.39 is 10.0 Å². The molecule has 2 rings (SSSR count). The van der Waals surface area contributed by atoms with Crippen LogP contribution in [-0.2, 0) is 23.0 Å². The van der Waals surface area contributed by atoms with E-state index in [9.17, 15) is 8.42 Å². The van der Waals surface area contributed by atoms with Crippen molar-refractivity contribution in [1.82, 2.24) is 10.2 Å². The summed E-state index contributed by atoms with van der Waals surface area (Å²) in [5.74, 6) is 0. The molecule has 0 fully saturated rings. The third-order valence-electron chi connectivity index (χ3n) is 2.67. The first-order chi connectivity index (χ1) is 9.06. The Morgan fingerprint density at radius 3 is 2.74 bits per heavy atom. The van der Waals surface area contributed by atoms with E-state index in [1.54, 1.807) is 18.2 Å². The highest BCUT2D eigenvalue weighted by atomic mass is 32.2. The van der Waals surface area contributed by atoms with Gasteiger partial charge in [-0.25, -0.2) is 8.42 Å². The third kappa shape index (κ3) is 3.09. The molecular weight excluding hydrogens is 284 g/mol. The second-order valence-electron chi connectivity index (χ2n) is 3.84. The van der Waals surface area contributed by atoms with Crippen LogP contribution in [0.2, 0.25) is 0 Å². The minimum atomic E-state index is -3.64. The predicted octanol–water partition coefficient (Wildman–Crippen LogP) is 1.36. The van der Waals surface area contributed by atoms with Crippen LogP contribution in [0.1, 0.15) is 18.1 Å². The van der Waals surface area contributed by atoms with Gasteiger partial charge < -0.3 is 5.73 Å². The predicted molar refractivity (Wildman–Crippen MR) is 74.4 cm³/mol. The summed E-state index contributed by atoms with van der Waals surface area (Å²) in [5, 5.41) is 7.48. The number of rotatable bonds is 5. The van der Waals surface area contributed by atoms with Gasteiger partial charge in [0.05, 0.1) is 4.90 Å². The molecule has 6 nitrogen and oxygen atoms in total. The molecule has 0 atom stereocenters. The number of aryl methyl sites for hydroxylation is 1. The van der Waals surface area contributed by atoms with E-state index >= 15 is 0 Å². The molecule has 1 heterocycles. The Hall–Kier alpha value is -1.51. The van der Waals surface area contributed by atoms with Crippen LogP contribution in [0, 0.1) is 0 Å². The molecule has 8 heteroatoms. The largest absolute Gasteiger partial charge is 0.326 e. The van der Waals surface area contributed by atoms with Gasteiger partial charge in [-0.3, -0.25) is 4.72 Å². The van der Waals surface area contributed by atoms with Crippen molar-refractivity contribution in [1.29, 1.82) is 0 Å². The van der Waals surface area contributed by atoms with Crippen LogP contribution in [0.4, 0.5) is 5.13 Å². The fraction of sp³-hybridized carbons (Fsp3) is 0.273. The Morgan fingerprint density at radius 2 is 2.16 bits per heavy atom. The molecule has 0 spiro atoms. The van der Waals surface area contributed by atoms with Gasteiger partial charge in [-0.05, 0) is 29.7 Å². The summed E-state index contributed by atoms with van der Waals surface area (Å²) in [6.07, 6.45) is 0.816. The number of hydrogen-bond donors (Lipinski definition) is 2. The number of hydrogen-bond acceptors (Lipinski definition) is 6. The van der Waals surface area contributed by atoms with E-state index in [2.05, 4.69) is 14.9 Å². The Balaban J connectivity index is 2.35. The van der Waals surface area contributed by atoms with E-state index in [0.717, 1.165) is 28.9 Å². The van der Waals surface area contributed by atoms with Gasteiger partial charge >= 0.3 is 0 Å². The zero-order valence-corrected chi connectivity index (χ0v) is 12.0. The molecule has 3 N–H and O–H groups in total. The van der Waals surface area contributed by atoms with Crippen LogP contribution in [-0.4, -0.2) is 18.6 Å². The van der Waals surface area contributed by atoms with Crippen LogP contribution >= 0.6 is 11.3 Å². The number of aromatic nitrogens is 2. The quantitative estimate of drug-likeness (QED) is 0.868. The summed E-state index contributed by atoms with van der Waals surface area (Å²) in [4.78, 5) is 0.181. The van der Waals surface area contributed by atoms with Crippen LogP contribution < -0.4 is 10.5 Å². The molecule has 19 heavy (non-hydrogen) atoms. The fourth-order valence-electron chi connectivity index (χ4n) is 1.70. The van der Waals surface area contributed by atoms with Crippen molar-refractivity contribution in [2.45, 2.75) is 24.8 Å². The average molecular weight is 298 g/mol. The highest BCUT2D eigenvalue weighted by Crippen LogP contribution is 2.20. The van der Waals surface area contributed by atoms with Crippen molar-refractivity contribution in [2.75, 3.05) is 4.72 Å². The summed E-state index contributed by atoms with van der Waals surface area (Å²) in [6, 6.07) is 4.96. The molecule has 1 aromatic heterocycles. The second-order valence-corrected chi connectivity index (χ2v) is 6.35. The number of benzene rings is 1. The molecule has 0 aliphatic carbocycles. The summed E-state index contributed by atoms with van der Waals surface area (Å²) in [5.41, 5.74) is 8.99. The van der Waals surface area contributed by atoms with E-state index in [0.29, 0.717) is 6.54 Å². The molecule has 0 saturated heterocycles. The van der Waals surface area contributed by atoms with Crippen LogP contribution in [0.5, 0.6) is 0 Å². The first kappa shape index (κ1) is 13.9. The molecule has 1 aromatic carbocycles. The molecule has 0 bridgehead atoms. The summed E-state index contributed by atoms with van der Waals surface area (Å²) in [7, 11) is -3.64. The van der Waals surface area contributed by atoms with E-state index in [1.165, 1.54) is 5.51 Å². The standard InChI is InChI=1S/C11H14N4O2S2/c1-2-8-3-4-10(5-9(8)6-12)19(16,17)15-11-14-13-7-18-11/h3-5,7H,2,6,12H2,1H3,(H,14,15). The Morgan fingerprint density at radius 1 is 1.37 bits per heavy atom. The minimum absolute atomic E-state index is 0.181. The van der Waals surface area contributed by atoms with E-state index in [1.807, 2.05) is 6.92 Å². The lowest BCUT2D eigenvalue weighted by Gasteiger charge is -2.09. The van der Waals surface area contributed by atoms with Gasteiger partial charge in [0.1, 0.15) is 5.51 Å². The Labute approximate surface area is 115 Å². The molecule has 0 saturated carbocycles. The molecule has 0 aliphatic heterocycles. The first-order valence-electron chi connectivity index (χ1n) is 5.67. The molecule has 2 aromatic rings. The Bertz CT molecular complexity index is 653.